The third-order valence-corrected chi connectivity index (χ3v) is 4.84. The van der Waals surface area contributed by atoms with E-state index < -0.39 is 0 Å². The minimum absolute atomic E-state index is 0.483. The number of nitrogens with zero attached hydrogens (tertiary/aromatic N) is 3. The van der Waals surface area contributed by atoms with Gasteiger partial charge in [-0.15, -0.1) is 0 Å². The number of aromatic nitrogens is 1. The second-order valence-corrected chi connectivity index (χ2v) is 6.39. The first-order valence-corrected chi connectivity index (χ1v) is 7.79. The summed E-state index contributed by atoms with van der Waals surface area (Å²) in [6, 6.07) is 5.30. The highest BCUT2D eigenvalue weighted by atomic mass is 79.9. The zero-order chi connectivity index (χ0) is 13.2. The van der Waals surface area contributed by atoms with Gasteiger partial charge < -0.3 is 5.32 Å². The van der Waals surface area contributed by atoms with E-state index in [9.17, 15) is 0 Å². The van der Waals surface area contributed by atoms with Crippen molar-refractivity contribution in [2.45, 2.75) is 18.5 Å². The van der Waals surface area contributed by atoms with E-state index in [1.807, 2.05) is 6.20 Å². The van der Waals surface area contributed by atoms with Crippen LogP contribution >= 0.6 is 15.9 Å². The molecule has 4 nitrogen and oxygen atoms in total. The van der Waals surface area contributed by atoms with Gasteiger partial charge in [-0.1, -0.05) is 0 Å². The summed E-state index contributed by atoms with van der Waals surface area (Å²) in [5, 5.41) is 3.50. The van der Waals surface area contributed by atoms with Gasteiger partial charge in [-0.2, -0.15) is 0 Å². The second-order valence-electron chi connectivity index (χ2n) is 5.47. The number of halogens is 1. The topological polar surface area (TPSA) is 31.4 Å². The molecule has 3 aliphatic rings. The van der Waals surface area contributed by atoms with Crippen LogP contribution in [0.3, 0.4) is 0 Å². The molecule has 0 aliphatic carbocycles. The quantitative estimate of drug-likeness (QED) is 0.894. The Balaban J connectivity index is 1.68. The Kier molecular flexibility index (Phi) is 4.17. The van der Waals surface area contributed by atoms with Gasteiger partial charge in [0.2, 0.25) is 0 Å². The van der Waals surface area contributed by atoms with Gasteiger partial charge in [0.15, 0.2) is 0 Å². The Labute approximate surface area is 123 Å². The molecule has 2 atom stereocenters. The molecule has 2 bridgehead atoms. The molecule has 1 N–H and O–H groups in total. The molecular weight excluding hydrogens is 304 g/mol. The van der Waals surface area contributed by atoms with Crippen LogP contribution in [0.2, 0.25) is 0 Å². The van der Waals surface area contributed by atoms with E-state index in [1.54, 1.807) is 0 Å². The monoisotopic (exact) mass is 324 g/mol. The molecule has 5 heteroatoms. The van der Waals surface area contributed by atoms with Crippen molar-refractivity contribution in [3.8, 4) is 0 Å². The van der Waals surface area contributed by atoms with Crippen molar-refractivity contribution in [3.63, 3.8) is 0 Å². The summed E-state index contributed by atoms with van der Waals surface area (Å²) in [7, 11) is 2.07. The number of hydrogen-bond acceptors (Lipinski definition) is 4. The molecule has 0 radical (unpaired) electrons. The Morgan fingerprint density at radius 3 is 2.68 bits per heavy atom. The maximum Gasteiger partial charge on any atom is 0.0420 e. The number of rotatable bonds is 4. The predicted octanol–water partition coefficient (Wildman–Crippen LogP) is 0.974. The smallest absolute Gasteiger partial charge is 0.0420 e. The van der Waals surface area contributed by atoms with Crippen molar-refractivity contribution < 1.29 is 0 Å². The van der Waals surface area contributed by atoms with Crippen molar-refractivity contribution >= 4 is 15.9 Å². The van der Waals surface area contributed by atoms with E-state index in [0.29, 0.717) is 12.1 Å². The summed E-state index contributed by atoms with van der Waals surface area (Å²) in [5.74, 6) is 0. The SMILES string of the molecule is CNC(Cc1ccc(Br)cn1)C1CN2CCN1CC2. The fourth-order valence-electron chi connectivity index (χ4n) is 3.22. The van der Waals surface area contributed by atoms with Gasteiger partial charge >= 0.3 is 0 Å². The highest BCUT2D eigenvalue weighted by Crippen LogP contribution is 2.20. The molecule has 0 spiro atoms. The molecule has 3 aliphatic heterocycles. The molecule has 1 aromatic rings. The highest BCUT2D eigenvalue weighted by molar-refractivity contribution is 9.10. The maximum atomic E-state index is 4.50. The minimum atomic E-state index is 0.483. The lowest BCUT2D eigenvalue weighted by Gasteiger charge is -2.50. The third-order valence-electron chi connectivity index (χ3n) is 4.37. The van der Waals surface area contributed by atoms with E-state index in [-0.39, 0.29) is 0 Å². The van der Waals surface area contributed by atoms with Crippen LogP contribution in [-0.2, 0) is 6.42 Å². The summed E-state index contributed by atoms with van der Waals surface area (Å²) >= 11 is 3.44. The molecular formula is C14H21BrN4. The standard InChI is InChI=1S/C14H21BrN4/c1-16-13(8-12-3-2-11(15)9-17-12)14-10-18-4-6-19(14)7-5-18/h2-3,9,13-14,16H,4-8,10H2,1H3. The Morgan fingerprint density at radius 1 is 1.37 bits per heavy atom. The number of nitrogens with one attached hydrogen (secondary N) is 1. The first-order chi connectivity index (χ1) is 9.26. The normalized spacial score (nSPS) is 31.4. The Morgan fingerprint density at radius 2 is 2.16 bits per heavy atom. The van der Waals surface area contributed by atoms with E-state index in [1.165, 1.54) is 38.4 Å². The zero-order valence-corrected chi connectivity index (χ0v) is 12.9. The second kappa shape index (κ2) is 5.87. The van der Waals surface area contributed by atoms with Gasteiger partial charge in [-0.05, 0) is 35.1 Å². The highest BCUT2D eigenvalue weighted by Gasteiger charge is 2.36. The van der Waals surface area contributed by atoms with E-state index in [2.05, 4.69) is 55.2 Å². The van der Waals surface area contributed by atoms with Crippen LogP contribution in [0.4, 0.5) is 0 Å². The molecule has 4 heterocycles. The predicted molar refractivity (Wildman–Crippen MR) is 80.3 cm³/mol. The van der Waals surface area contributed by atoms with Crippen LogP contribution in [0.15, 0.2) is 22.8 Å². The fourth-order valence-corrected chi connectivity index (χ4v) is 3.46. The molecule has 3 saturated heterocycles. The van der Waals surface area contributed by atoms with Crippen molar-refractivity contribution in [3.05, 3.63) is 28.5 Å². The van der Waals surface area contributed by atoms with Gasteiger partial charge in [-0.3, -0.25) is 14.8 Å². The molecule has 0 aromatic carbocycles. The number of hydrogen-bond donors (Lipinski definition) is 1. The third kappa shape index (κ3) is 2.99. The van der Waals surface area contributed by atoms with Gasteiger partial charge in [0, 0.05) is 67.6 Å². The first-order valence-electron chi connectivity index (χ1n) is 7.00. The summed E-state index contributed by atoms with van der Waals surface area (Å²) in [5.41, 5.74) is 1.17. The molecule has 3 fully saturated rings. The molecule has 19 heavy (non-hydrogen) atoms. The first kappa shape index (κ1) is 13.5. The number of piperazine rings is 3. The average molecular weight is 325 g/mol. The average Bonchev–Trinajstić information content (AvgIpc) is 2.48. The summed E-state index contributed by atoms with van der Waals surface area (Å²) < 4.78 is 1.05. The van der Waals surface area contributed by atoms with Gasteiger partial charge in [0.25, 0.3) is 0 Å². The lowest BCUT2D eigenvalue weighted by atomic mass is 9.96. The van der Waals surface area contributed by atoms with Crippen LogP contribution in [0.1, 0.15) is 5.69 Å². The van der Waals surface area contributed by atoms with Crippen LogP contribution in [0, 0.1) is 0 Å². The Bertz CT molecular complexity index is 414. The molecule has 2 unspecified atom stereocenters. The molecule has 0 amide bonds. The van der Waals surface area contributed by atoms with E-state index in [4.69, 9.17) is 0 Å². The molecule has 0 saturated carbocycles. The van der Waals surface area contributed by atoms with Crippen LogP contribution in [-0.4, -0.2) is 66.6 Å². The summed E-state index contributed by atoms with van der Waals surface area (Å²) in [6.07, 6.45) is 2.89. The fraction of sp³-hybridized carbons (Fsp3) is 0.643. The minimum Gasteiger partial charge on any atom is -0.315 e. The van der Waals surface area contributed by atoms with Crippen LogP contribution in [0.25, 0.3) is 0 Å². The van der Waals surface area contributed by atoms with Crippen LogP contribution in [0.5, 0.6) is 0 Å². The summed E-state index contributed by atoms with van der Waals surface area (Å²) in [4.78, 5) is 9.73. The summed E-state index contributed by atoms with van der Waals surface area (Å²) in [6.45, 7) is 6.11. The van der Waals surface area contributed by atoms with Crippen molar-refractivity contribution in [2.24, 2.45) is 0 Å². The molecule has 1 aromatic heterocycles. The van der Waals surface area contributed by atoms with Gasteiger partial charge in [0.05, 0.1) is 0 Å². The number of likely N-dealkylation sites (N-methyl/N-ethyl adjacent to an activating group) is 1. The number of fused-ring (bicyclic) bond motifs is 3. The molecule has 4 rings (SSSR count). The Hall–Kier alpha value is -0.490. The van der Waals surface area contributed by atoms with E-state index >= 15 is 0 Å². The van der Waals surface area contributed by atoms with Crippen molar-refractivity contribution in [1.82, 2.24) is 20.1 Å². The van der Waals surface area contributed by atoms with E-state index in [0.717, 1.165) is 10.9 Å². The molecule has 104 valence electrons. The number of pyridine rings is 1. The van der Waals surface area contributed by atoms with Crippen LogP contribution < -0.4 is 5.32 Å². The maximum absolute atomic E-state index is 4.50. The lowest BCUT2D eigenvalue weighted by Crippen LogP contribution is -2.66. The van der Waals surface area contributed by atoms with Crippen molar-refractivity contribution in [2.75, 3.05) is 39.8 Å². The largest absolute Gasteiger partial charge is 0.315 e. The lowest BCUT2D eigenvalue weighted by molar-refractivity contribution is -0.00214. The van der Waals surface area contributed by atoms with Gasteiger partial charge in [0.1, 0.15) is 0 Å². The van der Waals surface area contributed by atoms with Gasteiger partial charge in [-0.25, -0.2) is 0 Å². The zero-order valence-electron chi connectivity index (χ0n) is 11.3. The van der Waals surface area contributed by atoms with Crippen molar-refractivity contribution in [1.29, 1.82) is 0 Å².